The first-order valence-electron chi connectivity index (χ1n) is 3.44. The average Bonchev–Trinajstić information content (AvgIpc) is 2.32. The highest BCUT2D eigenvalue weighted by Crippen LogP contribution is 2.10. The number of aromatic nitrogens is 2. The Bertz CT molecular complexity index is 255. The Kier molecular flexibility index (Phi) is 1.58. The van der Waals surface area contributed by atoms with E-state index in [1.165, 1.54) is 11.5 Å². The van der Waals surface area contributed by atoms with Crippen LogP contribution in [0, 0.1) is 0 Å². The van der Waals surface area contributed by atoms with Crippen molar-refractivity contribution >= 4 is 17.4 Å². The summed E-state index contributed by atoms with van der Waals surface area (Å²) in [4.78, 5) is 13.1. The topological polar surface area (TPSA) is 46.1 Å². The fraction of sp³-hybridized carbons (Fsp3) is 0.500. The van der Waals surface area contributed by atoms with Crippen molar-refractivity contribution in [3.63, 3.8) is 0 Å². The maximum Gasteiger partial charge on any atom is 0.275 e. The fourth-order valence-electron chi connectivity index (χ4n) is 0.939. The monoisotopic (exact) mass is 169 g/mol. The minimum absolute atomic E-state index is 0.0185. The third-order valence-corrected chi connectivity index (χ3v) is 2.23. The summed E-state index contributed by atoms with van der Waals surface area (Å²) in [6.45, 7) is 1.74. The molecule has 0 atom stereocenters. The molecular formula is C6H7N3OS. The molecule has 0 aromatic carbocycles. The number of nitrogens with zero attached hydrogens (tertiary/aromatic N) is 3. The lowest BCUT2D eigenvalue weighted by atomic mass is 10.2. The zero-order valence-electron chi connectivity index (χ0n) is 5.86. The van der Waals surface area contributed by atoms with Gasteiger partial charge >= 0.3 is 0 Å². The van der Waals surface area contributed by atoms with Crippen molar-refractivity contribution < 1.29 is 4.79 Å². The van der Waals surface area contributed by atoms with E-state index < -0.39 is 0 Å². The van der Waals surface area contributed by atoms with Gasteiger partial charge in [-0.1, -0.05) is 4.49 Å². The van der Waals surface area contributed by atoms with Gasteiger partial charge in [-0.15, -0.1) is 5.10 Å². The Hall–Kier alpha value is -0.970. The second-order valence-electron chi connectivity index (χ2n) is 2.44. The van der Waals surface area contributed by atoms with E-state index in [4.69, 9.17) is 0 Å². The van der Waals surface area contributed by atoms with Crippen molar-refractivity contribution in [2.45, 2.75) is 6.42 Å². The molecule has 1 aromatic rings. The van der Waals surface area contributed by atoms with Gasteiger partial charge in [0.05, 0.1) is 0 Å². The van der Waals surface area contributed by atoms with Crippen molar-refractivity contribution in [1.82, 2.24) is 14.5 Å². The number of hydrogen-bond donors (Lipinski definition) is 0. The molecule has 1 saturated heterocycles. The van der Waals surface area contributed by atoms with Gasteiger partial charge in [0.1, 0.15) is 0 Å². The first-order chi connectivity index (χ1) is 5.38. The van der Waals surface area contributed by atoms with Crippen LogP contribution in [0.25, 0.3) is 0 Å². The molecule has 0 bridgehead atoms. The molecular weight excluding hydrogens is 162 g/mol. The summed E-state index contributed by atoms with van der Waals surface area (Å²) in [7, 11) is 0. The normalized spacial score (nSPS) is 16.2. The Labute approximate surface area is 68.0 Å². The van der Waals surface area contributed by atoms with Gasteiger partial charge in [0.15, 0.2) is 5.69 Å². The number of likely N-dealkylation sites (tertiary alicyclic amines) is 1. The number of hydrogen-bond acceptors (Lipinski definition) is 4. The van der Waals surface area contributed by atoms with Crippen LogP contribution in [-0.2, 0) is 0 Å². The lowest BCUT2D eigenvalue weighted by Crippen LogP contribution is -2.42. The minimum Gasteiger partial charge on any atom is -0.337 e. The van der Waals surface area contributed by atoms with Crippen LogP contribution >= 0.6 is 11.5 Å². The van der Waals surface area contributed by atoms with Crippen LogP contribution in [0.15, 0.2) is 5.38 Å². The highest BCUT2D eigenvalue weighted by atomic mass is 32.1. The molecule has 0 spiro atoms. The van der Waals surface area contributed by atoms with Gasteiger partial charge < -0.3 is 4.90 Å². The lowest BCUT2D eigenvalue weighted by Gasteiger charge is -2.29. The van der Waals surface area contributed by atoms with Crippen LogP contribution in [-0.4, -0.2) is 33.5 Å². The molecule has 1 amide bonds. The second kappa shape index (κ2) is 2.58. The van der Waals surface area contributed by atoms with Crippen LogP contribution < -0.4 is 0 Å². The molecule has 1 aromatic heterocycles. The van der Waals surface area contributed by atoms with Crippen LogP contribution in [0.1, 0.15) is 16.9 Å². The van der Waals surface area contributed by atoms with Crippen LogP contribution in [0.5, 0.6) is 0 Å². The molecule has 0 unspecified atom stereocenters. The maximum atomic E-state index is 11.3. The summed E-state index contributed by atoms with van der Waals surface area (Å²) >= 11 is 1.21. The maximum absolute atomic E-state index is 11.3. The Morgan fingerprint density at radius 3 is 2.91 bits per heavy atom. The van der Waals surface area contributed by atoms with Crippen LogP contribution in [0.2, 0.25) is 0 Å². The molecule has 58 valence electrons. The van der Waals surface area contributed by atoms with E-state index in [-0.39, 0.29) is 5.91 Å². The predicted molar refractivity (Wildman–Crippen MR) is 40.4 cm³/mol. The van der Waals surface area contributed by atoms with E-state index in [2.05, 4.69) is 9.59 Å². The van der Waals surface area contributed by atoms with Gasteiger partial charge in [0.2, 0.25) is 0 Å². The summed E-state index contributed by atoms with van der Waals surface area (Å²) in [5.41, 5.74) is 0.481. The molecule has 0 aliphatic carbocycles. The third-order valence-electron chi connectivity index (χ3n) is 1.72. The standard InChI is InChI=1S/C6H7N3OS/c10-6(9-2-1-3-9)5-4-11-8-7-5/h4H,1-3H2. The molecule has 4 nitrogen and oxygen atoms in total. The quantitative estimate of drug-likeness (QED) is 0.610. The number of rotatable bonds is 1. The van der Waals surface area contributed by atoms with E-state index in [0.717, 1.165) is 19.5 Å². The minimum atomic E-state index is 0.0185. The molecule has 2 rings (SSSR count). The predicted octanol–water partition coefficient (Wildman–Crippen LogP) is 0.384. The average molecular weight is 169 g/mol. The second-order valence-corrected chi connectivity index (χ2v) is 3.05. The van der Waals surface area contributed by atoms with Crippen molar-refractivity contribution in [2.24, 2.45) is 0 Å². The molecule has 0 radical (unpaired) electrons. The molecule has 1 aliphatic heterocycles. The summed E-state index contributed by atoms with van der Waals surface area (Å²) < 4.78 is 3.63. The molecule has 0 saturated carbocycles. The zero-order chi connectivity index (χ0) is 7.68. The van der Waals surface area contributed by atoms with Crippen LogP contribution in [0.3, 0.4) is 0 Å². The number of carbonyl (C=O) groups is 1. The van der Waals surface area contributed by atoms with Crippen LogP contribution in [0.4, 0.5) is 0 Å². The summed E-state index contributed by atoms with van der Waals surface area (Å²) in [5, 5.41) is 5.38. The zero-order valence-corrected chi connectivity index (χ0v) is 6.67. The SMILES string of the molecule is O=C(c1csnn1)N1CCC1. The van der Waals surface area contributed by atoms with Gasteiger partial charge in [-0.05, 0) is 18.0 Å². The third kappa shape index (κ3) is 1.11. The van der Waals surface area contributed by atoms with E-state index in [0.29, 0.717) is 5.69 Å². The fourth-order valence-corrected chi connectivity index (χ4v) is 1.37. The first kappa shape index (κ1) is 6.72. The van der Waals surface area contributed by atoms with Gasteiger partial charge in [-0.3, -0.25) is 4.79 Å². The molecule has 1 aliphatic rings. The van der Waals surface area contributed by atoms with Crippen molar-refractivity contribution in [3.8, 4) is 0 Å². The van der Waals surface area contributed by atoms with E-state index in [1.54, 1.807) is 10.3 Å². The van der Waals surface area contributed by atoms with Crippen molar-refractivity contribution in [3.05, 3.63) is 11.1 Å². The summed E-state index contributed by atoms with van der Waals surface area (Å²) in [6.07, 6.45) is 1.11. The molecule has 11 heavy (non-hydrogen) atoms. The Morgan fingerprint density at radius 1 is 1.64 bits per heavy atom. The van der Waals surface area contributed by atoms with E-state index in [9.17, 15) is 4.79 Å². The Morgan fingerprint density at radius 2 is 2.45 bits per heavy atom. The Balaban J connectivity index is 2.10. The number of amides is 1. The van der Waals surface area contributed by atoms with Gasteiger partial charge in [0.25, 0.3) is 5.91 Å². The molecule has 0 N–H and O–H groups in total. The van der Waals surface area contributed by atoms with Gasteiger partial charge in [0, 0.05) is 18.5 Å². The van der Waals surface area contributed by atoms with Gasteiger partial charge in [-0.2, -0.15) is 0 Å². The molecule has 2 heterocycles. The first-order valence-corrected chi connectivity index (χ1v) is 4.28. The number of carbonyl (C=O) groups excluding carboxylic acids is 1. The summed E-state index contributed by atoms with van der Waals surface area (Å²) in [6, 6.07) is 0. The molecule has 1 fully saturated rings. The van der Waals surface area contributed by atoms with Gasteiger partial charge in [-0.25, -0.2) is 0 Å². The smallest absolute Gasteiger partial charge is 0.275 e. The lowest BCUT2D eigenvalue weighted by molar-refractivity contribution is 0.0645. The summed E-state index contributed by atoms with van der Waals surface area (Å²) in [5.74, 6) is 0.0185. The van der Waals surface area contributed by atoms with E-state index in [1.807, 2.05) is 0 Å². The molecule has 5 heteroatoms. The van der Waals surface area contributed by atoms with Crippen molar-refractivity contribution in [1.29, 1.82) is 0 Å². The van der Waals surface area contributed by atoms with Crippen molar-refractivity contribution in [2.75, 3.05) is 13.1 Å². The largest absolute Gasteiger partial charge is 0.337 e. The highest BCUT2D eigenvalue weighted by Gasteiger charge is 2.22. The highest BCUT2D eigenvalue weighted by molar-refractivity contribution is 7.03. The van der Waals surface area contributed by atoms with E-state index >= 15 is 0 Å².